The lowest BCUT2D eigenvalue weighted by atomic mass is 9.94. The van der Waals surface area contributed by atoms with Crippen molar-refractivity contribution in [2.75, 3.05) is 7.11 Å². The van der Waals surface area contributed by atoms with Crippen molar-refractivity contribution in [2.45, 2.75) is 33.7 Å². The molecule has 18 heavy (non-hydrogen) atoms. The first-order valence-electron chi connectivity index (χ1n) is 5.80. The zero-order chi connectivity index (χ0) is 13.9. The van der Waals surface area contributed by atoms with Crippen LogP contribution in [0.25, 0.3) is 0 Å². The second-order valence-corrected chi connectivity index (χ2v) is 4.38. The Bertz CT molecular complexity index is 480. The summed E-state index contributed by atoms with van der Waals surface area (Å²) in [5, 5.41) is 2.62. The Labute approximate surface area is 107 Å². The molecule has 0 fully saturated rings. The van der Waals surface area contributed by atoms with E-state index in [1.54, 1.807) is 0 Å². The van der Waals surface area contributed by atoms with Crippen LogP contribution in [-0.2, 0) is 14.3 Å². The number of benzene rings is 1. The number of nitrogens with one attached hydrogen (secondary N) is 1. The lowest BCUT2D eigenvalue weighted by molar-refractivity contribution is -0.145. The van der Waals surface area contributed by atoms with Crippen LogP contribution in [0.2, 0.25) is 0 Å². The van der Waals surface area contributed by atoms with E-state index in [0.717, 1.165) is 22.3 Å². The van der Waals surface area contributed by atoms with Crippen LogP contribution in [0.1, 0.15) is 35.2 Å². The van der Waals surface area contributed by atoms with Gasteiger partial charge in [-0.2, -0.15) is 0 Å². The summed E-state index contributed by atoms with van der Waals surface area (Å²) in [6.07, 6.45) is 0. The van der Waals surface area contributed by atoms with E-state index < -0.39 is 12.0 Å². The van der Waals surface area contributed by atoms with Crippen LogP contribution < -0.4 is 5.32 Å². The number of amides is 1. The Kier molecular flexibility index (Phi) is 4.48. The molecule has 1 atom stereocenters. The van der Waals surface area contributed by atoms with Gasteiger partial charge in [0.1, 0.15) is 0 Å². The SMILES string of the molecule is COC(=O)C(NC(C)=O)c1ccc(C)c(C)c1C. The molecule has 0 aliphatic heterocycles. The van der Waals surface area contributed by atoms with Crippen LogP contribution >= 0.6 is 0 Å². The second-order valence-electron chi connectivity index (χ2n) is 4.38. The summed E-state index contributed by atoms with van der Waals surface area (Å²) in [6.45, 7) is 7.33. The highest BCUT2D eigenvalue weighted by Gasteiger charge is 2.24. The first-order valence-corrected chi connectivity index (χ1v) is 5.80. The van der Waals surface area contributed by atoms with Crippen molar-refractivity contribution in [3.8, 4) is 0 Å². The number of ether oxygens (including phenoxy) is 1. The zero-order valence-corrected chi connectivity index (χ0v) is 11.5. The van der Waals surface area contributed by atoms with E-state index in [2.05, 4.69) is 5.32 Å². The van der Waals surface area contributed by atoms with Gasteiger partial charge in [0.15, 0.2) is 6.04 Å². The quantitative estimate of drug-likeness (QED) is 0.833. The van der Waals surface area contributed by atoms with Crippen molar-refractivity contribution in [1.82, 2.24) is 5.32 Å². The summed E-state index contributed by atoms with van der Waals surface area (Å²) in [4.78, 5) is 23.0. The Morgan fingerprint density at radius 2 is 1.78 bits per heavy atom. The van der Waals surface area contributed by atoms with Crippen LogP contribution in [0, 0.1) is 20.8 Å². The Balaban J connectivity index is 3.25. The van der Waals surface area contributed by atoms with E-state index in [-0.39, 0.29) is 5.91 Å². The lowest BCUT2D eigenvalue weighted by Crippen LogP contribution is -2.33. The average molecular weight is 249 g/mol. The molecule has 0 aliphatic rings. The maximum absolute atomic E-state index is 11.8. The number of rotatable bonds is 3. The standard InChI is InChI=1S/C14H19NO3/c1-8-6-7-12(10(3)9(8)2)13(14(17)18-5)15-11(4)16/h6-7,13H,1-5H3,(H,15,16). The summed E-state index contributed by atoms with van der Waals surface area (Å²) in [5.41, 5.74) is 4.05. The van der Waals surface area contributed by atoms with Gasteiger partial charge in [0.05, 0.1) is 7.11 Å². The zero-order valence-electron chi connectivity index (χ0n) is 11.5. The molecule has 1 unspecified atom stereocenters. The van der Waals surface area contributed by atoms with Crippen molar-refractivity contribution >= 4 is 11.9 Å². The van der Waals surface area contributed by atoms with E-state index in [9.17, 15) is 9.59 Å². The van der Waals surface area contributed by atoms with Crippen molar-refractivity contribution in [2.24, 2.45) is 0 Å². The van der Waals surface area contributed by atoms with Gasteiger partial charge in [-0.25, -0.2) is 4.79 Å². The van der Waals surface area contributed by atoms with Gasteiger partial charge in [0.25, 0.3) is 0 Å². The van der Waals surface area contributed by atoms with Crippen molar-refractivity contribution in [3.63, 3.8) is 0 Å². The summed E-state index contributed by atoms with van der Waals surface area (Å²) < 4.78 is 4.74. The highest BCUT2D eigenvalue weighted by molar-refractivity contribution is 5.84. The predicted octanol–water partition coefficient (Wildman–Crippen LogP) is 1.96. The second kappa shape index (κ2) is 5.67. The molecule has 0 bridgehead atoms. The molecule has 0 radical (unpaired) electrons. The smallest absolute Gasteiger partial charge is 0.333 e. The molecule has 1 aromatic carbocycles. The summed E-state index contributed by atoms with van der Waals surface area (Å²) in [6, 6.07) is 3.05. The molecule has 4 heteroatoms. The molecule has 0 saturated heterocycles. The van der Waals surface area contributed by atoms with Gasteiger partial charge in [-0.1, -0.05) is 12.1 Å². The van der Waals surface area contributed by atoms with Gasteiger partial charge in [0.2, 0.25) is 5.91 Å². The summed E-state index contributed by atoms with van der Waals surface area (Å²) in [7, 11) is 1.31. The number of aryl methyl sites for hydroxylation is 1. The molecule has 0 heterocycles. The van der Waals surface area contributed by atoms with Gasteiger partial charge in [-0.3, -0.25) is 4.79 Å². The maximum Gasteiger partial charge on any atom is 0.333 e. The Morgan fingerprint density at radius 1 is 1.17 bits per heavy atom. The number of carbonyl (C=O) groups excluding carboxylic acids is 2. The van der Waals surface area contributed by atoms with Crippen LogP contribution in [0.5, 0.6) is 0 Å². The molecule has 0 aliphatic carbocycles. The van der Waals surface area contributed by atoms with Gasteiger partial charge in [0, 0.05) is 6.92 Å². The number of hydrogen-bond donors (Lipinski definition) is 1. The van der Waals surface area contributed by atoms with Crippen LogP contribution in [0.15, 0.2) is 12.1 Å². The summed E-state index contributed by atoms with van der Waals surface area (Å²) in [5.74, 6) is -0.723. The molecule has 1 amide bonds. The fourth-order valence-corrected chi connectivity index (χ4v) is 1.87. The molecule has 0 saturated carbocycles. The lowest BCUT2D eigenvalue weighted by Gasteiger charge is -2.20. The minimum absolute atomic E-state index is 0.261. The maximum atomic E-state index is 11.8. The van der Waals surface area contributed by atoms with E-state index in [1.807, 2.05) is 32.9 Å². The van der Waals surface area contributed by atoms with Crippen molar-refractivity contribution in [1.29, 1.82) is 0 Å². The monoisotopic (exact) mass is 249 g/mol. The first-order chi connectivity index (χ1) is 8.38. The van der Waals surface area contributed by atoms with Gasteiger partial charge in [-0.15, -0.1) is 0 Å². The molecule has 1 aromatic rings. The first kappa shape index (κ1) is 14.2. The number of esters is 1. The van der Waals surface area contributed by atoms with Crippen LogP contribution in [0.4, 0.5) is 0 Å². The third kappa shape index (κ3) is 2.88. The normalized spacial score (nSPS) is 11.8. The molecular formula is C14H19NO3. The average Bonchev–Trinajstić information content (AvgIpc) is 2.33. The molecule has 0 aromatic heterocycles. The molecule has 98 valence electrons. The largest absolute Gasteiger partial charge is 0.467 e. The van der Waals surface area contributed by atoms with E-state index >= 15 is 0 Å². The number of carbonyl (C=O) groups is 2. The van der Waals surface area contributed by atoms with Gasteiger partial charge in [-0.05, 0) is 43.0 Å². The molecule has 0 spiro atoms. The molecular weight excluding hydrogens is 230 g/mol. The van der Waals surface area contributed by atoms with E-state index in [1.165, 1.54) is 14.0 Å². The van der Waals surface area contributed by atoms with Crippen LogP contribution in [0.3, 0.4) is 0 Å². The van der Waals surface area contributed by atoms with E-state index in [0.29, 0.717) is 0 Å². The predicted molar refractivity (Wildman–Crippen MR) is 69.2 cm³/mol. The van der Waals surface area contributed by atoms with Gasteiger partial charge < -0.3 is 10.1 Å². The molecule has 4 nitrogen and oxygen atoms in total. The minimum atomic E-state index is -0.744. The number of methoxy groups -OCH3 is 1. The van der Waals surface area contributed by atoms with E-state index in [4.69, 9.17) is 4.74 Å². The topological polar surface area (TPSA) is 55.4 Å². The summed E-state index contributed by atoms with van der Waals surface area (Å²) >= 11 is 0. The fraction of sp³-hybridized carbons (Fsp3) is 0.429. The molecule has 1 rings (SSSR count). The Hall–Kier alpha value is -1.84. The van der Waals surface area contributed by atoms with Crippen molar-refractivity contribution in [3.05, 3.63) is 34.4 Å². The highest BCUT2D eigenvalue weighted by Crippen LogP contribution is 2.24. The van der Waals surface area contributed by atoms with Crippen LogP contribution in [-0.4, -0.2) is 19.0 Å². The highest BCUT2D eigenvalue weighted by atomic mass is 16.5. The Morgan fingerprint density at radius 3 is 2.28 bits per heavy atom. The van der Waals surface area contributed by atoms with Gasteiger partial charge >= 0.3 is 5.97 Å². The fourth-order valence-electron chi connectivity index (χ4n) is 1.87. The third-order valence-electron chi connectivity index (χ3n) is 3.20. The minimum Gasteiger partial charge on any atom is -0.467 e. The van der Waals surface area contributed by atoms with Crippen molar-refractivity contribution < 1.29 is 14.3 Å². The molecule has 1 N–H and O–H groups in total. The third-order valence-corrected chi connectivity index (χ3v) is 3.20. The number of hydrogen-bond acceptors (Lipinski definition) is 3.